The standard InChI is InChI=1S/C20H21ClN4O3/c1-11(2)22-19(26)12-6-5-7-13(8-12)23-18-14-9-16(27-3)17(28-4)10-15(14)24-20(21)25-18/h5-11H,1-4H3,(H,22,26)(H,23,24,25). The third-order valence-electron chi connectivity index (χ3n) is 3.98. The quantitative estimate of drug-likeness (QED) is 0.603. The molecule has 1 heterocycles. The van der Waals surface area contributed by atoms with Crippen molar-refractivity contribution in [2.45, 2.75) is 19.9 Å². The van der Waals surface area contributed by atoms with Crippen LogP contribution in [-0.2, 0) is 0 Å². The average molecular weight is 401 g/mol. The van der Waals surface area contributed by atoms with Crippen LogP contribution in [0.15, 0.2) is 36.4 Å². The molecule has 0 saturated heterocycles. The van der Waals surface area contributed by atoms with Crippen molar-refractivity contribution in [1.82, 2.24) is 15.3 Å². The van der Waals surface area contributed by atoms with Gasteiger partial charge in [0.1, 0.15) is 5.82 Å². The molecule has 0 spiro atoms. The number of amides is 1. The van der Waals surface area contributed by atoms with Crippen LogP contribution in [0.1, 0.15) is 24.2 Å². The monoisotopic (exact) mass is 400 g/mol. The molecule has 0 fully saturated rings. The van der Waals surface area contributed by atoms with Crippen molar-refractivity contribution < 1.29 is 14.3 Å². The summed E-state index contributed by atoms with van der Waals surface area (Å²) in [6.45, 7) is 3.83. The van der Waals surface area contributed by atoms with Gasteiger partial charge >= 0.3 is 0 Å². The highest BCUT2D eigenvalue weighted by molar-refractivity contribution is 6.28. The molecular formula is C20H21ClN4O3. The second kappa shape index (κ2) is 8.31. The van der Waals surface area contributed by atoms with E-state index in [4.69, 9.17) is 21.1 Å². The lowest BCUT2D eigenvalue weighted by Gasteiger charge is -2.13. The summed E-state index contributed by atoms with van der Waals surface area (Å²) >= 11 is 6.10. The molecule has 3 rings (SSSR count). The lowest BCUT2D eigenvalue weighted by Crippen LogP contribution is -2.30. The van der Waals surface area contributed by atoms with Gasteiger partial charge in [-0.2, -0.15) is 4.98 Å². The molecule has 146 valence electrons. The number of anilines is 2. The summed E-state index contributed by atoms with van der Waals surface area (Å²) in [4.78, 5) is 20.8. The first-order chi connectivity index (χ1) is 13.4. The molecule has 0 aliphatic carbocycles. The molecule has 3 aromatic rings. The van der Waals surface area contributed by atoms with Crippen molar-refractivity contribution in [2.75, 3.05) is 19.5 Å². The van der Waals surface area contributed by atoms with Crippen LogP contribution in [0.25, 0.3) is 10.9 Å². The lowest BCUT2D eigenvalue weighted by atomic mass is 10.1. The Morgan fingerprint density at radius 3 is 2.46 bits per heavy atom. The van der Waals surface area contributed by atoms with E-state index >= 15 is 0 Å². The highest BCUT2D eigenvalue weighted by Gasteiger charge is 2.14. The first-order valence-electron chi connectivity index (χ1n) is 8.68. The Morgan fingerprint density at radius 1 is 1.07 bits per heavy atom. The normalized spacial score (nSPS) is 10.8. The molecule has 0 atom stereocenters. The molecule has 0 saturated carbocycles. The summed E-state index contributed by atoms with van der Waals surface area (Å²) in [7, 11) is 3.11. The summed E-state index contributed by atoms with van der Waals surface area (Å²) < 4.78 is 10.7. The molecule has 7 nitrogen and oxygen atoms in total. The van der Waals surface area contributed by atoms with Gasteiger partial charge in [0.05, 0.1) is 19.7 Å². The number of methoxy groups -OCH3 is 2. The molecule has 1 amide bonds. The number of benzene rings is 2. The van der Waals surface area contributed by atoms with Crippen LogP contribution in [0, 0.1) is 0 Å². The number of rotatable bonds is 6. The van der Waals surface area contributed by atoms with Crippen LogP contribution in [0.5, 0.6) is 11.5 Å². The molecule has 28 heavy (non-hydrogen) atoms. The van der Waals surface area contributed by atoms with E-state index in [-0.39, 0.29) is 17.2 Å². The summed E-state index contributed by atoms with van der Waals surface area (Å²) in [6, 6.07) is 10.7. The number of hydrogen-bond acceptors (Lipinski definition) is 6. The number of carbonyl (C=O) groups excluding carboxylic acids is 1. The van der Waals surface area contributed by atoms with E-state index in [1.807, 2.05) is 19.9 Å². The van der Waals surface area contributed by atoms with Crippen molar-refractivity contribution in [2.24, 2.45) is 0 Å². The summed E-state index contributed by atoms with van der Waals surface area (Å²) in [5, 5.41) is 6.89. The minimum absolute atomic E-state index is 0.0520. The molecule has 0 unspecified atom stereocenters. The fourth-order valence-electron chi connectivity index (χ4n) is 2.74. The molecule has 0 bridgehead atoms. The zero-order valence-corrected chi connectivity index (χ0v) is 16.8. The van der Waals surface area contributed by atoms with E-state index < -0.39 is 0 Å². The minimum Gasteiger partial charge on any atom is -0.493 e. The summed E-state index contributed by atoms with van der Waals surface area (Å²) in [5.41, 5.74) is 1.85. The fourth-order valence-corrected chi connectivity index (χ4v) is 2.92. The number of ether oxygens (including phenoxy) is 2. The predicted molar refractivity (Wildman–Crippen MR) is 110 cm³/mol. The second-order valence-electron chi connectivity index (χ2n) is 6.40. The van der Waals surface area contributed by atoms with Crippen LogP contribution < -0.4 is 20.1 Å². The van der Waals surface area contributed by atoms with E-state index in [0.29, 0.717) is 39.5 Å². The second-order valence-corrected chi connectivity index (χ2v) is 6.74. The van der Waals surface area contributed by atoms with E-state index in [1.54, 1.807) is 44.6 Å². The van der Waals surface area contributed by atoms with Crippen LogP contribution in [0.3, 0.4) is 0 Å². The number of carbonyl (C=O) groups is 1. The van der Waals surface area contributed by atoms with Crippen LogP contribution in [-0.4, -0.2) is 36.1 Å². The van der Waals surface area contributed by atoms with Gasteiger partial charge in [-0.05, 0) is 49.7 Å². The molecule has 8 heteroatoms. The van der Waals surface area contributed by atoms with Gasteiger partial charge in [0.15, 0.2) is 11.5 Å². The summed E-state index contributed by atoms with van der Waals surface area (Å²) in [5.74, 6) is 1.45. The molecule has 0 radical (unpaired) electrons. The van der Waals surface area contributed by atoms with E-state index in [1.165, 1.54) is 0 Å². The van der Waals surface area contributed by atoms with Gasteiger partial charge in [0.2, 0.25) is 5.28 Å². The maximum Gasteiger partial charge on any atom is 0.251 e. The van der Waals surface area contributed by atoms with Gasteiger partial charge in [-0.25, -0.2) is 4.98 Å². The predicted octanol–water partition coefficient (Wildman–Crippen LogP) is 4.18. The summed E-state index contributed by atoms with van der Waals surface area (Å²) in [6.07, 6.45) is 0. The number of fused-ring (bicyclic) bond motifs is 1. The van der Waals surface area contributed by atoms with Gasteiger partial charge in [-0.15, -0.1) is 0 Å². The van der Waals surface area contributed by atoms with Gasteiger partial charge in [-0.3, -0.25) is 4.79 Å². The van der Waals surface area contributed by atoms with E-state index in [2.05, 4.69) is 20.6 Å². The largest absolute Gasteiger partial charge is 0.493 e. The number of nitrogens with one attached hydrogen (secondary N) is 2. The number of hydrogen-bond donors (Lipinski definition) is 2. The van der Waals surface area contributed by atoms with Crippen molar-refractivity contribution >= 4 is 39.9 Å². The lowest BCUT2D eigenvalue weighted by molar-refractivity contribution is 0.0943. The van der Waals surface area contributed by atoms with Gasteiger partial charge in [0, 0.05) is 28.7 Å². The van der Waals surface area contributed by atoms with Crippen molar-refractivity contribution in [1.29, 1.82) is 0 Å². The third kappa shape index (κ3) is 4.26. The highest BCUT2D eigenvalue weighted by Crippen LogP contribution is 2.35. The van der Waals surface area contributed by atoms with E-state index in [9.17, 15) is 4.79 Å². The first-order valence-corrected chi connectivity index (χ1v) is 9.06. The van der Waals surface area contributed by atoms with Crippen LogP contribution in [0.4, 0.5) is 11.5 Å². The molecule has 0 aliphatic rings. The van der Waals surface area contributed by atoms with Crippen molar-refractivity contribution in [3.8, 4) is 11.5 Å². The number of nitrogens with zero attached hydrogens (tertiary/aromatic N) is 2. The number of halogens is 1. The molecule has 1 aromatic heterocycles. The van der Waals surface area contributed by atoms with Crippen LogP contribution in [0.2, 0.25) is 5.28 Å². The van der Waals surface area contributed by atoms with Crippen molar-refractivity contribution in [3.63, 3.8) is 0 Å². The molecular weight excluding hydrogens is 380 g/mol. The zero-order chi connectivity index (χ0) is 20.3. The smallest absolute Gasteiger partial charge is 0.251 e. The highest BCUT2D eigenvalue weighted by atomic mass is 35.5. The number of aromatic nitrogens is 2. The Labute approximate surface area is 168 Å². The zero-order valence-electron chi connectivity index (χ0n) is 16.0. The maximum absolute atomic E-state index is 12.3. The Hall–Kier alpha value is -3.06. The Balaban J connectivity index is 2.01. The van der Waals surface area contributed by atoms with Crippen molar-refractivity contribution in [3.05, 3.63) is 47.2 Å². The van der Waals surface area contributed by atoms with Gasteiger partial charge in [-0.1, -0.05) is 6.07 Å². The SMILES string of the molecule is COc1cc2nc(Cl)nc(Nc3cccc(C(=O)NC(C)C)c3)c2cc1OC. The van der Waals surface area contributed by atoms with E-state index in [0.717, 1.165) is 0 Å². The third-order valence-corrected chi connectivity index (χ3v) is 4.15. The minimum atomic E-state index is -0.143. The topological polar surface area (TPSA) is 85.4 Å². The molecule has 2 aromatic carbocycles. The Kier molecular flexibility index (Phi) is 5.84. The fraction of sp³-hybridized carbons (Fsp3) is 0.250. The maximum atomic E-state index is 12.3. The average Bonchev–Trinajstić information content (AvgIpc) is 2.66. The molecule has 2 N–H and O–H groups in total. The first kappa shape index (κ1) is 19.7. The Bertz CT molecular complexity index is 1020. The van der Waals surface area contributed by atoms with Gasteiger partial charge < -0.3 is 20.1 Å². The molecule has 0 aliphatic heterocycles. The van der Waals surface area contributed by atoms with Gasteiger partial charge in [0.25, 0.3) is 5.91 Å². The van der Waals surface area contributed by atoms with Crippen LogP contribution >= 0.6 is 11.6 Å². The Morgan fingerprint density at radius 2 is 1.79 bits per heavy atom.